The van der Waals surface area contributed by atoms with Crippen LogP contribution in [0.2, 0.25) is 0 Å². The maximum Gasteiger partial charge on any atom is 0.387 e. The summed E-state index contributed by atoms with van der Waals surface area (Å²) in [6.45, 7) is -5.82. The number of nitrogens with one attached hydrogen (secondary N) is 1. The van der Waals surface area contributed by atoms with E-state index < -0.39 is 13.2 Å². The third-order valence-corrected chi connectivity index (χ3v) is 3.61. The van der Waals surface area contributed by atoms with Crippen LogP contribution in [0.4, 0.5) is 28.9 Å². The molecule has 0 radical (unpaired) electrons. The Morgan fingerprint density at radius 2 is 1.30 bits per heavy atom. The molecule has 0 saturated heterocycles. The van der Waals surface area contributed by atoms with E-state index in [4.69, 9.17) is 0 Å². The fourth-order valence-corrected chi connectivity index (χ4v) is 2.55. The Morgan fingerprint density at radius 3 is 1.67 bits per heavy atom. The summed E-state index contributed by atoms with van der Waals surface area (Å²) in [4.78, 5) is 5.90. The Hall–Kier alpha value is -3.23. The van der Waals surface area contributed by atoms with Crippen molar-refractivity contribution in [1.82, 2.24) is 5.32 Å². The minimum absolute atomic E-state index is 0.0274. The lowest BCUT2D eigenvalue weighted by molar-refractivity contribution is -0.0505. The summed E-state index contributed by atoms with van der Waals surface area (Å²) in [6, 6.07) is 12.1. The molecule has 1 unspecified atom stereocenters. The Labute approximate surface area is 152 Å². The molecule has 9 heteroatoms. The maximum atomic E-state index is 12.3. The van der Waals surface area contributed by atoms with Crippen molar-refractivity contribution in [3.8, 4) is 11.5 Å². The van der Waals surface area contributed by atoms with Gasteiger partial charge in [0, 0.05) is 30.0 Å². The van der Waals surface area contributed by atoms with Gasteiger partial charge >= 0.3 is 13.2 Å². The Bertz CT molecular complexity index is 742. The molecule has 1 aliphatic heterocycles. The van der Waals surface area contributed by atoms with E-state index in [9.17, 15) is 17.6 Å². The predicted molar refractivity (Wildman–Crippen MR) is 92.8 cm³/mol. The van der Waals surface area contributed by atoms with E-state index in [0.717, 1.165) is 0 Å². The van der Waals surface area contributed by atoms with E-state index in [2.05, 4.69) is 19.8 Å². The zero-order valence-corrected chi connectivity index (χ0v) is 13.8. The highest BCUT2D eigenvalue weighted by Gasteiger charge is 2.20. The normalized spacial score (nSPS) is 15.7. The van der Waals surface area contributed by atoms with Crippen LogP contribution in [-0.2, 0) is 0 Å². The molecule has 1 heterocycles. The SMILES string of the molecule is FC(F)Oc1ccc(N(c2ccc(OC(F)F)cc2)C2C=NC=CN2)cc1. The zero-order chi connectivity index (χ0) is 19.2. The highest BCUT2D eigenvalue weighted by molar-refractivity contribution is 5.78. The molecule has 1 aliphatic rings. The Kier molecular flexibility index (Phi) is 5.80. The highest BCUT2D eigenvalue weighted by Crippen LogP contribution is 2.31. The summed E-state index contributed by atoms with van der Waals surface area (Å²) < 4.78 is 58.0. The van der Waals surface area contributed by atoms with Crippen molar-refractivity contribution in [2.24, 2.45) is 4.99 Å². The number of aliphatic imine (C=N–C) groups is 1. The molecular weight excluding hydrogens is 366 g/mol. The first kappa shape index (κ1) is 18.6. The lowest BCUT2D eigenvalue weighted by atomic mass is 10.2. The van der Waals surface area contributed by atoms with Gasteiger partial charge in [-0.3, -0.25) is 4.99 Å². The highest BCUT2D eigenvalue weighted by atomic mass is 19.3. The van der Waals surface area contributed by atoms with E-state index in [1.807, 2.05) is 4.90 Å². The quantitative estimate of drug-likeness (QED) is 0.718. The fraction of sp³-hybridized carbons (Fsp3) is 0.167. The Balaban J connectivity index is 1.89. The number of halogens is 4. The number of rotatable bonds is 7. The van der Waals surface area contributed by atoms with Crippen LogP contribution >= 0.6 is 0 Å². The number of nitrogens with zero attached hydrogens (tertiary/aromatic N) is 2. The van der Waals surface area contributed by atoms with E-state index >= 15 is 0 Å². The number of hydrogen-bond acceptors (Lipinski definition) is 5. The average molecular weight is 381 g/mol. The van der Waals surface area contributed by atoms with Crippen LogP contribution in [0, 0.1) is 0 Å². The minimum atomic E-state index is -2.91. The van der Waals surface area contributed by atoms with E-state index in [1.54, 1.807) is 42.9 Å². The topological polar surface area (TPSA) is 46.1 Å². The summed E-state index contributed by atoms with van der Waals surface area (Å²) in [5.41, 5.74) is 1.30. The van der Waals surface area contributed by atoms with Gasteiger partial charge in [-0.2, -0.15) is 17.6 Å². The molecule has 2 aromatic carbocycles. The van der Waals surface area contributed by atoms with Gasteiger partial charge in [-0.25, -0.2) is 0 Å². The van der Waals surface area contributed by atoms with Gasteiger partial charge in [0.25, 0.3) is 0 Å². The molecule has 3 rings (SSSR count). The molecule has 1 N–H and O–H groups in total. The number of ether oxygens (including phenoxy) is 2. The van der Waals surface area contributed by atoms with Crippen molar-refractivity contribution in [3.05, 3.63) is 60.9 Å². The molecule has 0 bridgehead atoms. The molecule has 2 aromatic rings. The van der Waals surface area contributed by atoms with E-state index in [0.29, 0.717) is 11.4 Å². The van der Waals surface area contributed by atoms with Gasteiger partial charge in [-0.15, -0.1) is 0 Å². The van der Waals surface area contributed by atoms with Gasteiger partial charge in [0.2, 0.25) is 0 Å². The van der Waals surface area contributed by atoms with Gasteiger partial charge in [-0.05, 0) is 48.5 Å². The van der Waals surface area contributed by atoms with Crippen LogP contribution in [0.5, 0.6) is 11.5 Å². The first-order chi connectivity index (χ1) is 13.0. The van der Waals surface area contributed by atoms with Gasteiger partial charge in [0.05, 0.1) is 0 Å². The molecule has 0 fully saturated rings. The van der Waals surface area contributed by atoms with Crippen LogP contribution in [0.1, 0.15) is 0 Å². The van der Waals surface area contributed by atoms with E-state index in [-0.39, 0.29) is 17.7 Å². The molecule has 0 aliphatic carbocycles. The lowest BCUT2D eigenvalue weighted by Crippen LogP contribution is -2.43. The molecule has 0 spiro atoms. The Morgan fingerprint density at radius 1 is 0.815 bits per heavy atom. The molecule has 0 saturated carbocycles. The van der Waals surface area contributed by atoms with Crippen molar-refractivity contribution >= 4 is 17.6 Å². The molecule has 1 atom stereocenters. The summed E-state index contributed by atoms with van der Waals surface area (Å²) in [6.07, 6.45) is 4.50. The molecule has 27 heavy (non-hydrogen) atoms. The minimum Gasteiger partial charge on any atom is -0.435 e. The fourth-order valence-electron chi connectivity index (χ4n) is 2.55. The largest absolute Gasteiger partial charge is 0.435 e. The van der Waals surface area contributed by atoms with Crippen LogP contribution < -0.4 is 19.7 Å². The first-order valence-corrected chi connectivity index (χ1v) is 7.86. The monoisotopic (exact) mass is 381 g/mol. The second-order valence-corrected chi connectivity index (χ2v) is 5.34. The van der Waals surface area contributed by atoms with Crippen molar-refractivity contribution in [2.75, 3.05) is 4.90 Å². The van der Waals surface area contributed by atoms with Crippen LogP contribution in [-0.4, -0.2) is 25.6 Å². The first-order valence-electron chi connectivity index (χ1n) is 7.86. The second-order valence-electron chi connectivity index (χ2n) is 5.34. The van der Waals surface area contributed by atoms with Crippen LogP contribution in [0.25, 0.3) is 0 Å². The summed E-state index contributed by atoms with van der Waals surface area (Å²) in [5, 5.41) is 3.10. The number of benzene rings is 2. The number of hydrogen-bond donors (Lipinski definition) is 1. The third kappa shape index (κ3) is 4.90. The molecule has 0 aromatic heterocycles. The molecular formula is C18H15F4N3O2. The second kappa shape index (κ2) is 8.43. The van der Waals surface area contributed by atoms with Gasteiger partial charge in [-0.1, -0.05) is 0 Å². The van der Waals surface area contributed by atoms with Crippen molar-refractivity contribution < 1.29 is 27.0 Å². The maximum absolute atomic E-state index is 12.3. The smallest absolute Gasteiger partial charge is 0.387 e. The number of anilines is 2. The van der Waals surface area contributed by atoms with Gasteiger partial charge < -0.3 is 19.7 Å². The van der Waals surface area contributed by atoms with Gasteiger partial charge in [0.1, 0.15) is 17.7 Å². The van der Waals surface area contributed by atoms with Crippen LogP contribution in [0.15, 0.2) is 65.9 Å². The standard InChI is InChI=1S/C18H15F4N3O2/c19-17(20)26-14-5-1-12(2-6-14)25(16-11-23-9-10-24-16)13-3-7-15(8-4-13)27-18(21)22/h1-11,16-18,24H. The van der Waals surface area contributed by atoms with Crippen LogP contribution in [0.3, 0.4) is 0 Å². The van der Waals surface area contributed by atoms with Crippen molar-refractivity contribution in [2.45, 2.75) is 19.4 Å². The number of alkyl halides is 4. The lowest BCUT2D eigenvalue weighted by Gasteiger charge is -2.32. The summed E-state index contributed by atoms with van der Waals surface area (Å²) in [5.74, 6) is 0.0547. The molecule has 0 amide bonds. The van der Waals surface area contributed by atoms with Crippen molar-refractivity contribution in [3.63, 3.8) is 0 Å². The zero-order valence-electron chi connectivity index (χ0n) is 13.8. The summed E-state index contributed by atoms with van der Waals surface area (Å²) >= 11 is 0. The van der Waals surface area contributed by atoms with Gasteiger partial charge in [0.15, 0.2) is 0 Å². The van der Waals surface area contributed by atoms with E-state index in [1.165, 1.54) is 24.3 Å². The molecule has 5 nitrogen and oxygen atoms in total. The average Bonchev–Trinajstić information content (AvgIpc) is 2.65. The molecule has 142 valence electrons. The predicted octanol–water partition coefficient (Wildman–Crippen LogP) is 4.50. The third-order valence-electron chi connectivity index (χ3n) is 3.61. The van der Waals surface area contributed by atoms with Crippen molar-refractivity contribution in [1.29, 1.82) is 0 Å². The summed E-state index contributed by atoms with van der Waals surface area (Å²) in [7, 11) is 0.